The third-order valence-corrected chi connectivity index (χ3v) is 24.4. The van der Waals surface area contributed by atoms with E-state index >= 15 is 0 Å². The molecule has 14 amide bonds. The average molecular weight is 1910 g/mol. The first kappa shape index (κ1) is 107. The van der Waals surface area contributed by atoms with Crippen molar-refractivity contribution < 1.29 is 73.6 Å². The number of nitrogen functional groups attached to an aromatic ring is 1. The van der Waals surface area contributed by atoms with E-state index in [-0.39, 0.29) is 85.2 Å². The van der Waals surface area contributed by atoms with Crippen molar-refractivity contribution in [1.29, 1.82) is 0 Å². The zero-order valence-corrected chi connectivity index (χ0v) is 81.6. The Labute approximate surface area is 790 Å². The van der Waals surface area contributed by atoms with Crippen LogP contribution >= 0.6 is 20.0 Å². The number of amides is 14. The second-order valence-corrected chi connectivity index (χ2v) is 37.6. The van der Waals surface area contributed by atoms with Gasteiger partial charge in [0.15, 0.2) is 5.11 Å². The maximum absolute atomic E-state index is 12.1. The highest BCUT2D eigenvalue weighted by molar-refractivity contribution is 7.93. The zero-order valence-electron chi connectivity index (χ0n) is 78.3. The number of aryl methyl sites for hydroxylation is 10. The number of urea groups is 5. The number of imide groups is 4. The average Bonchev–Trinajstić information content (AvgIpc) is 1.64. The molecule has 0 saturated carbocycles. The van der Waals surface area contributed by atoms with Gasteiger partial charge < -0.3 is 37.2 Å². The Morgan fingerprint density at radius 1 is 0.522 bits per heavy atom. The van der Waals surface area contributed by atoms with Gasteiger partial charge >= 0.3 is 37.9 Å². The van der Waals surface area contributed by atoms with Crippen LogP contribution in [0.4, 0.5) is 75.2 Å². The van der Waals surface area contributed by atoms with Crippen molar-refractivity contribution in [3.8, 4) is 0 Å². The van der Waals surface area contributed by atoms with E-state index < -0.39 is 27.8 Å². The molecule has 6 fully saturated rings. The molecule has 10 aromatic rings. The summed E-state index contributed by atoms with van der Waals surface area (Å²) in [6, 6.07) is 70.3. The lowest BCUT2D eigenvalue weighted by atomic mass is 10.1. The van der Waals surface area contributed by atoms with Gasteiger partial charge in [0, 0.05) is 68.7 Å². The van der Waals surface area contributed by atoms with Crippen LogP contribution in [0.15, 0.2) is 237 Å². The molecule has 0 radical (unpaired) electrons. The minimum absolute atomic E-state index is 0.00357. The molecule has 7 heterocycles. The first-order valence-electron chi connectivity index (χ1n) is 42.8. The summed E-state index contributed by atoms with van der Waals surface area (Å²) in [5.74, 6) is -0.529. The molecule has 134 heavy (non-hydrogen) atoms. The molecule has 1 aromatic heterocycles. The molecule has 6 aliphatic heterocycles. The van der Waals surface area contributed by atoms with Crippen molar-refractivity contribution in [2.75, 3.05) is 124 Å². The SMILES string of the molecule is CCOP(=O)(Nc1ccc(C)cc1)OCC.Cc1ccc(N)cn1.Cc1ccc(N2C(=O)C(C)N(C)C2=O)cc1.Cc1ccc(N2C(=O)CN(C)C2=O)cc1.Cc1ccc(N2C(=O)CNC2=O)cc1.Cc1ccc(N2CC(=O)NC2=O)cc1.Cc1ccc(N2CCNC2=O)cc1.Cc1cccc(CNS(C)(=O)=O)c1.Cc1cccc(N2CCCS2(=O)=O)c1.Cc1cccc(NC(N)=S)c1. The van der Waals surface area contributed by atoms with E-state index in [0.29, 0.717) is 48.5 Å². The van der Waals surface area contributed by atoms with Crippen molar-refractivity contribution in [3.05, 3.63) is 298 Å². The summed E-state index contributed by atoms with van der Waals surface area (Å²) >= 11 is 4.69. The van der Waals surface area contributed by atoms with Crippen LogP contribution in [0.5, 0.6) is 0 Å². The summed E-state index contributed by atoms with van der Waals surface area (Å²) < 4.78 is 71.1. The summed E-state index contributed by atoms with van der Waals surface area (Å²) in [5.41, 5.74) is 29.6. The lowest BCUT2D eigenvalue weighted by Gasteiger charge is -2.18. The van der Waals surface area contributed by atoms with Gasteiger partial charge in [-0.2, -0.15) is 0 Å². The number of likely N-dealkylation sites (N-methyl/N-ethyl adjacent to an activating group) is 2. The molecule has 6 aliphatic rings. The van der Waals surface area contributed by atoms with Gasteiger partial charge in [-0.1, -0.05) is 160 Å². The normalized spacial score (nSPS) is 15.1. The molecule has 16 rings (SSSR count). The lowest BCUT2D eigenvalue weighted by molar-refractivity contribution is -0.119. The molecule has 9 aromatic carbocycles. The van der Waals surface area contributed by atoms with Gasteiger partial charge in [0.25, 0.3) is 17.7 Å². The van der Waals surface area contributed by atoms with Crippen LogP contribution in [0.25, 0.3) is 0 Å². The first-order valence-corrected chi connectivity index (χ1v) is 48.2. The van der Waals surface area contributed by atoms with Gasteiger partial charge in [0.05, 0.1) is 66.4 Å². The number of hydrogen-bond donors (Lipinski definition) is 8. The first-order chi connectivity index (χ1) is 63.4. The van der Waals surface area contributed by atoms with E-state index in [0.717, 1.165) is 115 Å². The fourth-order valence-corrected chi connectivity index (χ4v) is 16.2. The van der Waals surface area contributed by atoms with Gasteiger partial charge in [0.1, 0.15) is 19.1 Å². The topological polar surface area (TPSA) is 420 Å². The van der Waals surface area contributed by atoms with Crippen molar-refractivity contribution in [2.24, 2.45) is 5.73 Å². The Balaban J connectivity index is 0.000000204. The molecule has 712 valence electrons. The van der Waals surface area contributed by atoms with Crippen LogP contribution in [0.1, 0.15) is 88.5 Å². The number of anilines is 9. The van der Waals surface area contributed by atoms with Crippen LogP contribution in [0.3, 0.4) is 0 Å². The highest BCUT2D eigenvalue weighted by Gasteiger charge is 2.41. The second-order valence-electron chi connectivity index (χ2n) is 31.6. The largest absolute Gasteiger partial charge is 0.432 e. The van der Waals surface area contributed by atoms with E-state index in [2.05, 4.69) is 48.3 Å². The summed E-state index contributed by atoms with van der Waals surface area (Å²) in [5, 5.41) is 13.4. The molecule has 6 saturated heterocycles. The number of aromatic nitrogens is 1. The Morgan fingerprint density at radius 2 is 1.00 bits per heavy atom. The standard InChI is InChI=1S/C12H14N2O2.C11H12N2O2.C11H18NO3P.2C10H10N2O2.C10H12N2O.C10H13NO2S.C9H13NO2S.C8H10N2S.C6H8N2/c1-8-4-6-10(7-5-8)14-11(15)9(2)13(3)12(14)16;1-8-3-5-9(6-4-8)13-10(14)7-12(2)11(13)15;1-4-14-16(13,15-5-2)12-11-8-6-10(3)7-9-11;1-7-2-4-8(5-3-7)12-6-9(13)11-10(12)14;1-7-2-4-8(5-3-7)12-9(13)6-11-10(12)14;1-8-2-4-9(5-3-8)12-7-6-11-10(12)13;1-9-4-2-5-10(8-9)11-6-3-7-14(11,12)13;1-8-4-3-5-9(6-8)7-10-13(2,11)12;1-6-3-2-4-7(5-6)10-8(9)11;1-5-2-3-6(7)4-8-5/h4-7,9H,1-3H3;3-6H,7H2,1-2H3;6-9H,4-5H2,1-3H3,(H,12,13);2-5H,6H2,1H3,(H,11,13,14);2-5H,6H2,1H3,(H,11,14);2-5H,6-7H2,1H3,(H,11,13);2,4-5,8H,3,6-7H2,1H3;3-6,10H,7H2,1-2H3;2-5H,1H3,(H3,9,10,11);2-4H,7H2,1H3. The van der Waals surface area contributed by atoms with Gasteiger partial charge in [-0.15, -0.1) is 0 Å². The summed E-state index contributed by atoms with van der Waals surface area (Å²) in [4.78, 5) is 116. The number of nitrogens with zero attached hydrogens (tertiary/aromatic N) is 9. The number of thiocarbonyl (C=S) groups is 1. The van der Waals surface area contributed by atoms with E-state index in [1.165, 1.54) is 39.9 Å². The van der Waals surface area contributed by atoms with E-state index in [9.17, 15) is 64.6 Å². The number of hydrogen-bond acceptors (Lipinski definition) is 19. The number of nitrogens with two attached hydrogens (primary N) is 2. The number of carbonyl (C=O) groups excluding carboxylic acids is 9. The van der Waals surface area contributed by atoms with Crippen molar-refractivity contribution in [2.45, 2.75) is 109 Å². The van der Waals surface area contributed by atoms with E-state index in [1.807, 2.05) is 263 Å². The molecule has 0 spiro atoms. The number of carbonyl (C=O) groups is 9. The number of sulfonamides is 2. The van der Waals surface area contributed by atoms with Crippen molar-refractivity contribution in [1.82, 2.24) is 35.5 Å². The van der Waals surface area contributed by atoms with Crippen LogP contribution in [-0.4, -0.2) is 175 Å². The minimum Gasteiger partial charge on any atom is -0.397 e. The molecule has 1 atom stereocenters. The molecule has 33 nitrogen and oxygen atoms in total. The predicted molar refractivity (Wildman–Crippen MR) is 534 cm³/mol. The zero-order chi connectivity index (χ0) is 98.7. The third kappa shape index (κ3) is 34.4. The van der Waals surface area contributed by atoms with E-state index in [1.54, 1.807) is 82.4 Å². The molecular formula is C97H120N17O16PS3. The third-order valence-electron chi connectivity index (χ3n) is 20.0. The molecule has 0 bridgehead atoms. The maximum atomic E-state index is 12.1. The Kier molecular flexibility index (Phi) is 41.1. The van der Waals surface area contributed by atoms with Crippen molar-refractivity contribution >= 4 is 150 Å². The fraction of sp³-hybridized carbons (Fsp3) is 0.289. The molecule has 37 heteroatoms. The quantitative estimate of drug-likeness (QED) is 0.0253. The minimum atomic E-state index is -3.21. The number of pyridine rings is 1. The smallest absolute Gasteiger partial charge is 0.397 e. The summed E-state index contributed by atoms with van der Waals surface area (Å²) in [7, 11) is -6.06. The summed E-state index contributed by atoms with van der Waals surface area (Å²) in [6.45, 7) is 28.6. The van der Waals surface area contributed by atoms with Gasteiger partial charge in [-0.25, -0.2) is 64.8 Å². The lowest BCUT2D eigenvalue weighted by Crippen LogP contribution is -2.31. The van der Waals surface area contributed by atoms with Gasteiger partial charge in [-0.05, 0) is 235 Å². The number of benzene rings is 9. The Morgan fingerprint density at radius 3 is 1.39 bits per heavy atom. The fourth-order valence-electron chi connectivity index (χ4n) is 12.8. The van der Waals surface area contributed by atoms with Gasteiger partial charge in [0.2, 0.25) is 26.0 Å². The van der Waals surface area contributed by atoms with E-state index in [4.69, 9.17) is 20.5 Å². The van der Waals surface area contributed by atoms with Crippen LogP contribution in [0.2, 0.25) is 0 Å². The second kappa shape index (κ2) is 51.3. The number of nitrogens with one attached hydrogen (secondary N) is 6. The van der Waals surface area contributed by atoms with Crippen LogP contribution in [0, 0.1) is 69.2 Å². The maximum Gasteiger partial charge on any atom is 0.432 e. The van der Waals surface area contributed by atoms with Crippen LogP contribution < -0.4 is 71.3 Å². The van der Waals surface area contributed by atoms with Crippen molar-refractivity contribution in [3.63, 3.8) is 0 Å². The predicted octanol–water partition coefficient (Wildman–Crippen LogP) is 15.6. The Bertz CT molecular complexity index is 5900. The molecule has 10 N–H and O–H groups in total. The molecular weight excluding hydrogens is 1790 g/mol. The van der Waals surface area contributed by atoms with Gasteiger partial charge in [-0.3, -0.25) is 57.7 Å². The molecule has 1 unspecified atom stereocenters. The molecule has 0 aliphatic carbocycles. The monoisotopic (exact) mass is 1910 g/mol. The van der Waals surface area contributed by atoms with Crippen LogP contribution in [-0.2, 0) is 59.4 Å². The highest BCUT2D eigenvalue weighted by atomic mass is 32.2. The highest BCUT2D eigenvalue weighted by Crippen LogP contribution is 2.47. The Hall–Kier alpha value is -13.7. The summed E-state index contributed by atoms with van der Waals surface area (Å²) in [6.07, 6.45) is 3.54. The number of rotatable bonds is 16.